The van der Waals surface area contributed by atoms with Gasteiger partial charge in [0, 0.05) is 0 Å². The van der Waals surface area contributed by atoms with E-state index < -0.39 is 0 Å². The maximum atomic E-state index is 6.05. The number of hydrogen-bond donors (Lipinski definition) is 1. The second-order valence-corrected chi connectivity index (χ2v) is 7.82. The topological polar surface area (TPSA) is 86.8 Å². The lowest BCUT2D eigenvalue weighted by Gasteiger charge is -2.12. The lowest BCUT2D eigenvalue weighted by atomic mass is 10.3. The van der Waals surface area contributed by atoms with E-state index in [1.165, 1.54) is 23.1 Å². The monoisotopic (exact) mass is 387 g/mol. The number of nitrogens with zero attached hydrogens (tertiary/aromatic N) is 4. The summed E-state index contributed by atoms with van der Waals surface area (Å²) < 4.78 is 6.41. The number of aromatic nitrogens is 4. The Labute approximate surface area is 150 Å². The zero-order valence-corrected chi connectivity index (χ0v) is 15.2. The van der Waals surface area contributed by atoms with Gasteiger partial charge in [-0.2, -0.15) is 0 Å². The van der Waals surface area contributed by atoms with Crippen molar-refractivity contribution < 1.29 is 4.74 Å². The summed E-state index contributed by atoms with van der Waals surface area (Å²) in [6, 6.07) is 3.33. The third kappa shape index (κ3) is 3.77. The lowest BCUT2D eigenvalue weighted by molar-refractivity contribution is 0.225. The third-order valence-corrected chi connectivity index (χ3v) is 5.08. The average molecular weight is 388 g/mol. The summed E-state index contributed by atoms with van der Waals surface area (Å²) in [6.07, 6.45) is -0.0524. The summed E-state index contributed by atoms with van der Waals surface area (Å²) in [5.74, 6) is 0.407. The predicted molar refractivity (Wildman–Crippen MR) is 93.8 cm³/mol. The van der Waals surface area contributed by atoms with E-state index in [2.05, 4.69) is 20.2 Å². The van der Waals surface area contributed by atoms with Crippen LogP contribution in [0.2, 0.25) is 10.0 Å². The first-order valence-electron chi connectivity index (χ1n) is 6.52. The Hall–Kier alpha value is -1.35. The van der Waals surface area contributed by atoms with E-state index in [1.807, 2.05) is 13.8 Å². The summed E-state index contributed by atoms with van der Waals surface area (Å²) in [7, 11) is 0. The number of hydrogen-bond acceptors (Lipinski definition) is 8. The van der Waals surface area contributed by atoms with E-state index in [9.17, 15) is 0 Å². The van der Waals surface area contributed by atoms with Gasteiger partial charge in [0.1, 0.15) is 0 Å². The Morgan fingerprint density at radius 1 is 1.13 bits per heavy atom. The van der Waals surface area contributed by atoms with Gasteiger partial charge < -0.3 is 10.5 Å². The van der Waals surface area contributed by atoms with Crippen LogP contribution in [0.4, 0.5) is 5.13 Å². The van der Waals surface area contributed by atoms with E-state index in [0.717, 1.165) is 0 Å². The van der Waals surface area contributed by atoms with Gasteiger partial charge in [0.15, 0.2) is 9.37 Å². The summed E-state index contributed by atoms with van der Waals surface area (Å²) in [4.78, 5) is 9.06. The van der Waals surface area contributed by atoms with Crippen LogP contribution < -0.4 is 10.5 Å². The quantitative estimate of drug-likeness (QED) is 0.713. The number of anilines is 1. The van der Waals surface area contributed by atoms with Crippen LogP contribution in [0, 0.1) is 0 Å². The molecule has 0 atom stereocenters. The molecule has 0 fully saturated rings. The largest absolute Gasteiger partial charge is 0.473 e. The molecule has 0 aliphatic rings. The van der Waals surface area contributed by atoms with Crippen LogP contribution in [0.3, 0.4) is 0 Å². The zero-order chi connectivity index (χ0) is 16.6. The minimum absolute atomic E-state index is 0.0524. The number of fused-ring (bicyclic) bond motifs is 1. The number of nitrogen functional groups attached to an aromatic ring is 1. The SMILES string of the molecule is CC(C)Oc1nc2cc(Cl)c(Cl)cc2nc1Sc1nnc(N)s1. The summed E-state index contributed by atoms with van der Waals surface area (Å²) in [5, 5.41) is 9.57. The van der Waals surface area contributed by atoms with Gasteiger partial charge in [0.25, 0.3) is 0 Å². The molecular formula is C13H11Cl2N5OS2. The van der Waals surface area contributed by atoms with E-state index in [4.69, 9.17) is 33.7 Å². The van der Waals surface area contributed by atoms with Gasteiger partial charge in [-0.25, -0.2) is 9.97 Å². The molecule has 1 aromatic carbocycles. The molecule has 0 unspecified atom stereocenters. The number of ether oxygens (including phenoxy) is 1. The highest BCUT2D eigenvalue weighted by molar-refractivity contribution is 8.01. The van der Waals surface area contributed by atoms with Crippen molar-refractivity contribution in [2.45, 2.75) is 29.3 Å². The fraction of sp³-hybridized carbons (Fsp3) is 0.231. The van der Waals surface area contributed by atoms with Crippen molar-refractivity contribution in [2.75, 3.05) is 5.73 Å². The van der Waals surface area contributed by atoms with E-state index in [1.54, 1.807) is 12.1 Å². The highest BCUT2D eigenvalue weighted by atomic mass is 35.5. The molecule has 3 aromatic rings. The van der Waals surface area contributed by atoms with Gasteiger partial charge in [0.05, 0.1) is 27.2 Å². The predicted octanol–water partition coefficient (Wildman–Crippen LogP) is 4.31. The molecule has 10 heteroatoms. The minimum Gasteiger partial charge on any atom is -0.473 e. The second kappa shape index (κ2) is 6.64. The maximum absolute atomic E-state index is 6.05. The van der Waals surface area contributed by atoms with Crippen LogP contribution in [0.1, 0.15) is 13.8 Å². The van der Waals surface area contributed by atoms with Crippen molar-refractivity contribution in [1.82, 2.24) is 20.2 Å². The van der Waals surface area contributed by atoms with Crippen molar-refractivity contribution in [3.8, 4) is 5.88 Å². The fourth-order valence-electron chi connectivity index (χ4n) is 1.73. The van der Waals surface area contributed by atoms with Crippen LogP contribution in [0.25, 0.3) is 11.0 Å². The van der Waals surface area contributed by atoms with Crippen LogP contribution >= 0.6 is 46.3 Å². The van der Waals surface area contributed by atoms with E-state index in [0.29, 0.717) is 41.5 Å². The third-order valence-electron chi connectivity index (χ3n) is 2.60. The minimum atomic E-state index is -0.0524. The molecule has 0 radical (unpaired) electrons. The molecule has 0 saturated carbocycles. The zero-order valence-electron chi connectivity index (χ0n) is 12.1. The molecule has 2 N–H and O–H groups in total. The van der Waals surface area contributed by atoms with E-state index in [-0.39, 0.29) is 6.10 Å². The Kier molecular flexibility index (Phi) is 4.77. The van der Waals surface area contributed by atoms with Gasteiger partial charge in [-0.05, 0) is 37.7 Å². The Morgan fingerprint density at radius 3 is 2.35 bits per heavy atom. The lowest BCUT2D eigenvalue weighted by Crippen LogP contribution is -2.08. The molecule has 2 heterocycles. The van der Waals surface area contributed by atoms with Gasteiger partial charge in [-0.3, -0.25) is 0 Å². The van der Waals surface area contributed by atoms with Crippen molar-refractivity contribution >= 4 is 62.5 Å². The van der Waals surface area contributed by atoms with Crippen LogP contribution in [0.5, 0.6) is 5.88 Å². The number of nitrogens with two attached hydrogens (primary N) is 1. The Balaban J connectivity index is 2.10. The normalized spacial score (nSPS) is 11.3. The van der Waals surface area contributed by atoms with Crippen LogP contribution in [-0.4, -0.2) is 26.3 Å². The summed E-state index contributed by atoms with van der Waals surface area (Å²) in [6.45, 7) is 3.83. The molecule has 0 saturated heterocycles. The first kappa shape index (κ1) is 16.5. The van der Waals surface area contributed by atoms with Crippen molar-refractivity contribution in [3.05, 3.63) is 22.2 Å². The van der Waals surface area contributed by atoms with Crippen molar-refractivity contribution in [1.29, 1.82) is 0 Å². The molecule has 0 aliphatic heterocycles. The highest BCUT2D eigenvalue weighted by Crippen LogP contribution is 2.37. The van der Waals surface area contributed by atoms with Crippen LogP contribution in [-0.2, 0) is 0 Å². The fourth-order valence-corrected chi connectivity index (χ4v) is 3.62. The summed E-state index contributed by atoms with van der Waals surface area (Å²) in [5.41, 5.74) is 6.84. The molecule has 0 aliphatic carbocycles. The number of benzene rings is 1. The van der Waals surface area contributed by atoms with Gasteiger partial charge in [-0.1, -0.05) is 34.5 Å². The maximum Gasteiger partial charge on any atom is 0.248 e. The molecule has 0 bridgehead atoms. The molecule has 6 nitrogen and oxygen atoms in total. The van der Waals surface area contributed by atoms with Crippen LogP contribution in [0.15, 0.2) is 21.5 Å². The molecule has 3 rings (SSSR count). The molecular weight excluding hydrogens is 377 g/mol. The first-order chi connectivity index (χ1) is 10.9. The van der Waals surface area contributed by atoms with Crippen molar-refractivity contribution in [2.24, 2.45) is 0 Å². The Bertz CT molecular complexity index is 871. The summed E-state index contributed by atoms with van der Waals surface area (Å²) >= 11 is 14.7. The number of halogens is 2. The average Bonchev–Trinajstić information content (AvgIpc) is 2.86. The smallest absolute Gasteiger partial charge is 0.248 e. The first-order valence-corrected chi connectivity index (χ1v) is 8.91. The molecule has 0 spiro atoms. The van der Waals surface area contributed by atoms with Crippen molar-refractivity contribution in [3.63, 3.8) is 0 Å². The molecule has 120 valence electrons. The van der Waals surface area contributed by atoms with Gasteiger partial charge in [-0.15, -0.1) is 10.2 Å². The van der Waals surface area contributed by atoms with Gasteiger partial charge >= 0.3 is 0 Å². The Morgan fingerprint density at radius 2 is 1.78 bits per heavy atom. The molecule has 0 amide bonds. The second-order valence-electron chi connectivity index (χ2n) is 4.76. The van der Waals surface area contributed by atoms with Gasteiger partial charge in [0.2, 0.25) is 11.0 Å². The van der Waals surface area contributed by atoms with E-state index >= 15 is 0 Å². The molecule has 2 aromatic heterocycles. The standard InChI is InChI=1S/C13H11Cl2N5OS2/c1-5(2)21-10-11(22-13-20-19-12(16)23-13)18-9-4-7(15)6(14)3-8(9)17-10/h3-5H,1-2H3,(H2,16,19). The highest BCUT2D eigenvalue weighted by Gasteiger charge is 2.16. The number of rotatable bonds is 4. The molecule has 23 heavy (non-hydrogen) atoms.